The number of aromatic nitrogens is 3. The van der Waals surface area contributed by atoms with Crippen LogP contribution in [-0.4, -0.2) is 77.1 Å². The van der Waals surface area contributed by atoms with Crippen LogP contribution in [0.5, 0.6) is 0 Å². The van der Waals surface area contributed by atoms with Gasteiger partial charge in [-0.25, -0.2) is 9.97 Å². The molecule has 2 fully saturated rings. The summed E-state index contributed by atoms with van der Waals surface area (Å²) >= 11 is 0. The van der Waals surface area contributed by atoms with Gasteiger partial charge in [0.1, 0.15) is 5.82 Å². The van der Waals surface area contributed by atoms with Gasteiger partial charge in [0.25, 0.3) is 5.56 Å². The summed E-state index contributed by atoms with van der Waals surface area (Å²) in [7, 11) is 2.22. The van der Waals surface area contributed by atoms with E-state index in [1.807, 2.05) is 12.1 Å². The standard InChI is InChI=1S/C17H24N6O/c1-21-6-2-3-13(11-21)22-7-9-23(10-8-22)15-5-4-14-16(20-15)17(24)19-12-18-14/h4-5,12-13H,2-3,6-11H2,1H3,(H,18,19,24). The Balaban J connectivity index is 1.46. The highest BCUT2D eigenvalue weighted by Crippen LogP contribution is 2.20. The summed E-state index contributed by atoms with van der Waals surface area (Å²) in [5, 5.41) is 0. The molecule has 2 aliphatic heterocycles. The number of fused-ring (bicyclic) bond motifs is 1. The van der Waals surface area contributed by atoms with E-state index in [2.05, 4.69) is 36.7 Å². The first-order valence-corrected chi connectivity index (χ1v) is 8.73. The lowest BCUT2D eigenvalue weighted by Crippen LogP contribution is -2.54. The Morgan fingerprint density at radius 2 is 2.00 bits per heavy atom. The number of rotatable bonds is 2. The van der Waals surface area contributed by atoms with E-state index in [1.165, 1.54) is 32.3 Å². The molecule has 4 heterocycles. The summed E-state index contributed by atoms with van der Waals surface area (Å²) in [6.07, 6.45) is 4.02. The molecule has 2 aromatic heterocycles. The summed E-state index contributed by atoms with van der Waals surface area (Å²) in [5.41, 5.74) is 0.892. The fourth-order valence-corrected chi connectivity index (χ4v) is 3.87. The van der Waals surface area contributed by atoms with Crippen molar-refractivity contribution in [2.24, 2.45) is 0 Å². The topological polar surface area (TPSA) is 68.4 Å². The zero-order valence-corrected chi connectivity index (χ0v) is 14.1. The maximum absolute atomic E-state index is 11.9. The predicted octanol–water partition coefficient (Wildman–Crippen LogP) is 0.534. The zero-order valence-electron chi connectivity index (χ0n) is 14.1. The molecule has 0 spiro atoms. The van der Waals surface area contributed by atoms with Crippen LogP contribution in [-0.2, 0) is 0 Å². The molecule has 7 nitrogen and oxygen atoms in total. The highest BCUT2D eigenvalue weighted by atomic mass is 16.1. The summed E-state index contributed by atoms with van der Waals surface area (Å²) in [6.45, 7) is 6.42. The molecule has 0 bridgehead atoms. The quantitative estimate of drug-likeness (QED) is 0.868. The Hall–Kier alpha value is -1.99. The Labute approximate surface area is 141 Å². The largest absolute Gasteiger partial charge is 0.354 e. The molecule has 4 rings (SSSR count). The molecule has 1 N–H and O–H groups in total. The first-order valence-electron chi connectivity index (χ1n) is 8.73. The van der Waals surface area contributed by atoms with Crippen LogP contribution in [0, 0.1) is 0 Å². The van der Waals surface area contributed by atoms with Crippen molar-refractivity contribution in [1.29, 1.82) is 0 Å². The molecule has 0 radical (unpaired) electrons. The lowest BCUT2D eigenvalue weighted by Gasteiger charge is -2.43. The lowest BCUT2D eigenvalue weighted by atomic mass is 10.0. The van der Waals surface area contributed by atoms with Crippen LogP contribution < -0.4 is 10.5 Å². The number of nitrogens with zero attached hydrogens (tertiary/aromatic N) is 5. The smallest absolute Gasteiger partial charge is 0.277 e. The fourth-order valence-electron chi connectivity index (χ4n) is 3.87. The Morgan fingerprint density at radius 1 is 1.17 bits per heavy atom. The maximum Gasteiger partial charge on any atom is 0.277 e. The van der Waals surface area contributed by atoms with E-state index in [1.54, 1.807) is 0 Å². The predicted molar refractivity (Wildman–Crippen MR) is 94.5 cm³/mol. The molecule has 0 aromatic carbocycles. The van der Waals surface area contributed by atoms with Gasteiger partial charge in [0.05, 0.1) is 11.8 Å². The SMILES string of the molecule is CN1CCCC(N2CCN(c3ccc4nc[nH]c(=O)c4n3)CC2)C1. The van der Waals surface area contributed by atoms with Crippen LogP contribution in [0.4, 0.5) is 5.82 Å². The summed E-state index contributed by atoms with van der Waals surface area (Å²) < 4.78 is 0. The van der Waals surface area contributed by atoms with E-state index in [-0.39, 0.29) is 5.56 Å². The third kappa shape index (κ3) is 3.01. The number of likely N-dealkylation sites (tertiary alicyclic amines) is 1. The summed E-state index contributed by atoms with van der Waals surface area (Å²) in [4.78, 5) is 30.5. The zero-order chi connectivity index (χ0) is 16.5. The molecule has 7 heteroatoms. The van der Waals surface area contributed by atoms with Crippen molar-refractivity contribution in [3.05, 3.63) is 28.8 Å². The minimum atomic E-state index is -0.175. The maximum atomic E-state index is 11.9. The molecule has 24 heavy (non-hydrogen) atoms. The molecular formula is C17H24N6O. The molecule has 2 saturated heterocycles. The van der Waals surface area contributed by atoms with Crippen LogP contribution in [0.15, 0.2) is 23.3 Å². The van der Waals surface area contributed by atoms with Crippen LogP contribution in [0.25, 0.3) is 11.0 Å². The van der Waals surface area contributed by atoms with Crippen molar-refractivity contribution in [3.8, 4) is 0 Å². The number of piperazine rings is 1. The van der Waals surface area contributed by atoms with E-state index in [9.17, 15) is 4.79 Å². The third-order valence-electron chi connectivity index (χ3n) is 5.23. The van der Waals surface area contributed by atoms with Gasteiger partial charge in [0, 0.05) is 38.8 Å². The van der Waals surface area contributed by atoms with E-state index in [0.29, 0.717) is 17.1 Å². The van der Waals surface area contributed by atoms with Crippen LogP contribution in [0.2, 0.25) is 0 Å². The van der Waals surface area contributed by atoms with Gasteiger partial charge in [-0.05, 0) is 38.6 Å². The molecule has 0 aliphatic carbocycles. The average Bonchev–Trinajstić information content (AvgIpc) is 2.62. The highest BCUT2D eigenvalue weighted by Gasteiger charge is 2.27. The van der Waals surface area contributed by atoms with Crippen molar-refractivity contribution >= 4 is 16.9 Å². The van der Waals surface area contributed by atoms with Gasteiger partial charge in [0.15, 0.2) is 5.52 Å². The molecule has 0 amide bonds. The molecule has 1 unspecified atom stereocenters. The second-order valence-corrected chi connectivity index (χ2v) is 6.85. The number of nitrogens with one attached hydrogen (secondary N) is 1. The van der Waals surface area contributed by atoms with Crippen molar-refractivity contribution in [3.63, 3.8) is 0 Å². The van der Waals surface area contributed by atoms with Gasteiger partial charge in [-0.1, -0.05) is 0 Å². The van der Waals surface area contributed by atoms with Gasteiger partial charge < -0.3 is 14.8 Å². The van der Waals surface area contributed by atoms with Crippen LogP contribution >= 0.6 is 0 Å². The lowest BCUT2D eigenvalue weighted by molar-refractivity contribution is 0.106. The van der Waals surface area contributed by atoms with Crippen LogP contribution in [0.3, 0.4) is 0 Å². The fraction of sp³-hybridized carbons (Fsp3) is 0.588. The van der Waals surface area contributed by atoms with Crippen molar-refractivity contribution in [2.75, 3.05) is 51.2 Å². The van der Waals surface area contributed by atoms with E-state index in [0.717, 1.165) is 32.0 Å². The van der Waals surface area contributed by atoms with Crippen LogP contribution in [0.1, 0.15) is 12.8 Å². The minimum absolute atomic E-state index is 0.175. The number of pyridine rings is 1. The van der Waals surface area contributed by atoms with Gasteiger partial charge in [-0.3, -0.25) is 9.69 Å². The highest BCUT2D eigenvalue weighted by molar-refractivity contribution is 5.74. The first-order chi connectivity index (χ1) is 11.7. The van der Waals surface area contributed by atoms with Gasteiger partial charge in [0.2, 0.25) is 0 Å². The van der Waals surface area contributed by atoms with Crippen molar-refractivity contribution in [1.82, 2.24) is 24.8 Å². The van der Waals surface area contributed by atoms with E-state index in [4.69, 9.17) is 0 Å². The molecule has 1 atom stereocenters. The number of hydrogen-bond acceptors (Lipinski definition) is 6. The second kappa shape index (κ2) is 6.49. The Bertz CT molecular complexity index is 767. The van der Waals surface area contributed by atoms with Gasteiger partial charge >= 0.3 is 0 Å². The number of anilines is 1. The average molecular weight is 328 g/mol. The second-order valence-electron chi connectivity index (χ2n) is 6.85. The number of aromatic amines is 1. The first kappa shape index (κ1) is 15.5. The van der Waals surface area contributed by atoms with E-state index < -0.39 is 0 Å². The molecule has 128 valence electrons. The summed E-state index contributed by atoms with van der Waals surface area (Å²) in [5.74, 6) is 0.876. The van der Waals surface area contributed by atoms with Crippen molar-refractivity contribution < 1.29 is 0 Å². The summed E-state index contributed by atoms with van der Waals surface area (Å²) in [6, 6.07) is 4.54. The molecule has 0 saturated carbocycles. The molecule has 2 aromatic rings. The number of hydrogen-bond donors (Lipinski definition) is 1. The van der Waals surface area contributed by atoms with Crippen molar-refractivity contribution in [2.45, 2.75) is 18.9 Å². The molecule has 2 aliphatic rings. The monoisotopic (exact) mass is 328 g/mol. The Morgan fingerprint density at radius 3 is 2.79 bits per heavy atom. The number of piperidine rings is 1. The third-order valence-corrected chi connectivity index (χ3v) is 5.23. The van der Waals surface area contributed by atoms with E-state index >= 15 is 0 Å². The Kier molecular flexibility index (Phi) is 4.20. The van der Waals surface area contributed by atoms with Gasteiger partial charge in [-0.2, -0.15) is 0 Å². The van der Waals surface area contributed by atoms with Gasteiger partial charge in [-0.15, -0.1) is 0 Å². The minimum Gasteiger partial charge on any atom is -0.354 e. The number of H-pyrrole nitrogens is 1. The normalized spacial score (nSPS) is 23.7. The molecular weight excluding hydrogens is 304 g/mol. The number of likely N-dealkylation sites (N-methyl/N-ethyl adjacent to an activating group) is 1.